The van der Waals surface area contributed by atoms with Gasteiger partial charge in [-0.2, -0.15) is 0 Å². The van der Waals surface area contributed by atoms with Gasteiger partial charge in [0.05, 0.1) is 6.61 Å². The minimum Gasteiger partial charge on any atom is -0.395 e. The lowest BCUT2D eigenvalue weighted by Crippen LogP contribution is -2.24. The van der Waals surface area contributed by atoms with Crippen molar-refractivity contribution in [3.8, 4) is 11.8 Å². The predicted octanol–water partition coefficient (Wildman–Crippen LogP) is 1.64. The van der Waals surface area contributed by atoms with E-state index in [4.69, 9.17) is 9.84 Å². The summed E-state index contributed by atoms with van der Waals surface area (Å²) >= 11 is 1.38. The first-order valence-corrected chi connectivity index (χ1v) is 7.12. The fourth-order valence-electron chi connectivity index (χ4n) is 1.45. The first kappa shape index (κ1) is 15.7. The van der Waals surface area contributed by atoms with Crippen molar-refractivity contribution in [2.24, 2.45) is 0 Å². The lowest BCUT2D eigenvalue weighted by Gasteiger charge is -2.03. The van der Waals surface area contributed by atoms with Gasteiger partial charge < -0.3 is 15.2 Å². The van der Waals surface area contributed by atoms with Crippen LogP contribution in [0.4, 0.5) is 0 Å². The van der Waals surface area contributed by atoms with E-state index >= 15 is 0 Å². The van der Waals surface area contributed by atoms with Crippen molar-refractivity contribution < 1.29 is 14.6 Å². The maximum atomic E-state index is 11.9. The molecule has 0 aromatic carbocycles. The summed E-state index contributed by atoms with van der Waals surface area (Å²) in [6.07, 6.45) is 2.26. The summed E-state index contributed by atoms with van der Waals surface area (Å²) in [5, 5.41) is 13.4. The molecule has 19 heavy (non-hydrogen) atoms. The maximum absolute atomic E-state index is 11.9. The van der Waals surface area contributed by atoms with Crippen LogP contribution in [0.5, 0.6) is 0 Å². The van der Waals surface area contributed by atoms with Gasteiger partial charge in [0, 0.05) is 32.2 Å². The SMILES string of the molecule is COCCCCNC(=O)c1sccc1C#CCCO. The van der Waals surface area contributed by atoms with Crippen LogP contribution < -0.4 is 5.32 Å². The Labute approximate surface area is 117 Å². The number of hydrogen-bond acceptors (Lipinski definition) is 4. The molecule has 0 aliphatic rings. The van der Waals surface area contributed by atoms with E-state index in [9.17, 15) is 4.79 Å². The number of nitrogens with one attached hydrogen (secondary N) is 1. The molecule has 1 aromatic rings. The van der Waals surface area contributed by atoms with Gasteiger partial charge in [0.2, 0.25) is 0 Å². The van der Waals surface area contributed by atoms with Gasteiger partial charge in [-0.3, -0.25) is 4.79 Å². The Morgan fingerprint density at radius 1 is 1.53 bits per heavy atom. The average molecular weight is 281 g/mol. The molecular formula is C14H19NO3S. The number of thiophene rings is 1. The van der Waals surface area contributed by atoms with E-state index in [1.54, 1.807) is 7.11 Å². The van der Waals surface area contributed by atoms with Crippen LogP contribution in [0.1, 0.15) is 34.5 Å². The molecule has 1 heterocycles. The molecule has 0 bridgehead atoms. The number of unbranched alkanes of at least 4 members (excludes halogenated alkanes) is 1. The number of rotatable bonds is 7. The van der Waals surface area contributed by atoms with E-state index in [1.807, 2.05) is 11.4 Å². The third-order valence-corrected chi connectivity index (χ3v) is 3.31. The lowest BCUT2D eigenvalue weighted by molar-refractivity contribution is 0.0955. The van der Waals surface area contributed by atoms with Crippen LogP contribution in [0.15, 0.2) is 11.4 Å². The number of aliphatic hydroxyl groups excluding tert-OH is 1. The third-order valence-electron chi connectivity index (χ3n) is 2.39. The van der Waals surface area contributed by atoms with Gasteiger partial charge in [0.15, 0.2) is 0 Å². The van der Waals surface area contributed by atoms with Gasteiger partial charge in [0.25, 0.3) is 5.91 Å². The summed E-state index contributed by atoms with van der Waals surface area (Å²) in [7, 11) is 1.67. The molecule has 0 aliphatic heterocycles. The Balaban J connectivity index is 2.44. The van der Waals surface area contributed by atoms with Crippen molar-refractivity contribution in [2.45, 2.75) is 19.3 Å². The summed E-state index contributed by atoms with van der Waals surface area (Å²) in [5.41, 5.74) is 0.729. The van der Waals surface area contributed by atoms with E-state index in [0.29, 0.717) is 24.4 Å². The molecule has 0 atom stereocenters. The van der Waals surface area contributed by atoms with Gasteiger partial charge in [0.1, 0.15) is 4.88 Å². The number of carbonyl (C=O) groups excluding carboxylic acids is 1. The molecule has 0 saturated heterocycles. The molecule has 104 valence electrons. The Bertz CT molecular complexity index is 445. The normalized spacial score (nSPS) is 9.79. The molecule has 5 heteroatoms. The van der Waals surface area contributed by atoms with Crippen LogP contribution in [-0.4, -0.2) is 37.9 Å². The maximum Gasteiger partial charge on any atom is 0.262 e. The molecule has 0 spiro atoms. The number of amides is 1. The molecule has 0 fully saturated rings. The van der Waals surface area contributed by atoms with Gasteiger partial charge in [-0.05, 0) is 24.3 Å². The summed E-state index contributed by atoms with van der Waals surface area (Å²) < 4.78 is 4.95. The summed E-state index contributed by atoms with van der Waals surface area (Å²) in [5.74, 6) is 5.65. The molecule has 4 nitrogen and oxygen atoms in total. The number of aliphatic hydroxyl groups is 1. The molecule has 0 saturated carbocycles. The van der Waals surface area contributed by atoms with E-state index in [2.05, 4.69) is 17.2 Å². The van der Waals surface area contributed by atoms with Crippen molar-refractivity contribution in [3.63, 3.8) is 0 Å². The van der Waals surface area contributed by atoms with Gasteiger partial charge in [-0.15, -0.1) is 11.3 Å². The first-order valence-electron chi connectivity index (χ1n) is 6.24. The average Bonchev–Trinajstić information content (AvgIpc) is 2.87. The van der Waals surface area contributed by atoms with Crippen molar-refractivity contribution in [3.05, 3.63) is 21.9 Å². The van der Waals surface area contributed by atoms with Crippen LogP contribution in [0.2, 0.25) is 0 Å². The minimum atomic E-state index is -0.0827. The topological polar surface area (TPSA) is 58.6 Å². The molecule has 1 rings (SSSR count). The first-order chi connectivity index (χ1) is 9.29. The Morgan fingerprint density at radius 2 is 2.37 bits per heavy atom. The fraction of sp³-hybridized carbons (Fsp3) is 0.500. The highest BCUT2D eigenvalue weighted by Crippen LogP contribution is 2.15. The van der Waals surface area contributed by atoms with Crippen LogP contribution in [0.25, 0.3) is 0 Å². The molecule has 1 aromatic heterocycles. The zero-order valence-electron chi connectivity index (χ0n) is 11.1. The van der Waals surface area contributed by atoms with Crippen LogP contribution >= 0.6 is 11.3 Å². The van der Waals surface area contributed by atoms with Crippen molar-refractivity contribution in [1.29, 1.82) is 0 Å². The monoisotopic (exact) mass is 281 g/mol. The summed E-state index contributed by atoms with van der Waals surface area (Å²) in [6.45, 7) is 1.40. The second kappa shape index (κ2) is 9.56. The molecule has 2 N–H and O–H groups in total. The van der Waals surface area contributed by atoms with Gasteiger partial charge in [-0.25, -0.2) is 0 Å². The van der Waals surface area contributed by atoms with E-state index in [1.165, 1.54) is 11.3 Å². The quantitative estimate of drug-likeness (QED) is 0.590. The molecule has 1 amide bonds. The van der Waals surface area contributed by atoms with Gasteiger partial charge >= 0.3 is 0 Å². The van der Waals surface area contributed by atoms with Crippen molar-refractivity contribution in [1.82, 2.24) is 5.32 Å². The number of methoxy groups -OCH3 is 1. The predicted molar refractivity (Wildman–Crippen MR) is 76.3 cm³/mol. The minimum absolute atomic E-state index is 0.0398. The summed E-state index contributed by atoms with van der Waals surface area (Å²) in [6, 6.07) is 1.83. The van der Waals surface area contributed by atoms with Crippen molar-refractivity contribution >= 4 is 17.2 Å². The highest BCUT2D eigenvalue weighted by molar-refractivity contribution is 7.12. The summed E-state index contributed by atoms with van der Waals surface area (Å²) in [4.78, 5) is 12.6. The number of carbonyl (C=O) groups is 1. The molecule has 0 unspecified atom stereocenters. The fourth-order valence-corrected chi connectivity index (χ4v) is 2.22. The molecular weight excluding hydrogens is 262 g/mol. The van der Waals surface area contributed by atoms with Crippen LogP contribution in [-0.2, 0) is 4.74 Å². The largest absolute Gasteiger partial charge is 0.395 e. The highest BCUT2D eigenvalue weighted by Gasteiger charge is 2.10. The standard InChI is InChI=1S/C14H19NO3S/c1-18-10-5-3-8-15-14(17)13-12(7-11-19-13)6-2-4-9-16/h7,11,16H,3-5,8-10H2,1H3,(H,15,17). The third kappa shape index (κ3) is 5.88. The highest BCUT2D eigenvalue weighted by atomic mass is 32.1. The van der Waals surface area contributed by atoms with Gasteiger partial charge in [-0.1, -0.05) is 11.8 Å². The molecule has 0 aliphatic carbocycles. The van der Waals surface area contributed by atoms with E-state index in [0.717, 1.165) is 18.4 Å². The zero-order valence-corrected chi connectivity index (χ0v) is 11.9. The van der Waals surface area contributed by atoms with E-state index < -0.39 is 0 Å². The van der Waals surface area contributed by atoms with Crippen LogP contribution in [0, 0.1) is 11.8 Å². The smallest absolute Gasteiger partial charge is 0.262 e. The van der Waals surface area contributed by atoms with Crippen LogP contribution in [0.3, 0.4) is 0 Å². The van der Waals surface area contributed by atoms with Crippen molar-refractivity contribution in [2.75, 3.05) is 26.9 Å². The number of hydrogen-bond donors (Lipinski definition) is 2. The lowest BCUT2D eigenvalue weighted by atomic mass is 10.2. The number of ether oxygens (including phenoxy) is 1. The Kier molecular flexibility index (Phi) is 7.91. The van der Waals surface area contributed by atoms with E-state index in [-0.39, 0.29) is 12.5 Å². The zero-order chi connectivity index (χ0) is 13.9. The second-order valence-electron chi connectivity index (χ2n) is 3.89. The molecule has 0 radical (unpaired) electrons. The second-order valence-corrected chi connectivity index (χ2v) is 4.81. The Morgan fingerprint density at radius 3 is 3.11 bits per heavy atom. The Hall–Kier alpha value is -1.35.